The quantitative estimate of drug-likeness (QED) is 0.256. The Bertz CT molecular complexity index is 1500. The SMILES string of the molecule is CCc1ccccc1-n1c(C)cc([C@H]2[C@H](c3ccccn3)NC(=S)N2CCC(=O)Nc2cccc(C)c2)c1C. The molecule has 1 aliphatic rings. The van der Waals surface area contributed by atoms with Gasteiger partial charge < -0.3 is 20.1 Å². The molecule has 0 aliphatic carbocycles. The van der Waals surface area contributed by atoms with Crippen molar-refractivity contribution in [2.24, 2.45) is 0 Å². The number of nitrogens with one attached hydrogen (secondary N) is 2. The van der Waals surface area contributed by atoms with Crippen LogP contribution in [0.5, 0.6) is 0 Å². The van der Waals surface area contributed by atoms with Crippen molar-refractivity contribution in [3.05, 3.63) is 113 Å². The molecule has 2 N–H and O–H groups in total. The van der Waals surface area contributed by atoms with Crippen molar-refractivity contribution in [3.8, 4) is 5.69 Å². The molecule has 2 atom stereocenters. The Morgan fingerprint density at radius 2 is 1.82 bits per heavy atom. The van der Waals surface area contributed by atoms with Crippen molar-refractivity contribution < 1.29 is 4.79 Å². The maximum atomic E-state index is 12.9. The van der Waals surface area contributed by atoms with E-state index in [1.165, 1.54) is 22.5 Å². The van der Waals surface area contributed by atoms with E-state index < -0.39 is 0 Å². The Kier molecular flexibility index (Phi) is 7.79. The molecule has 5 rings (SSSR count). The zero-order chi connectivity index (χ0) is 27.5. The van der Waals surface area contributed by atoms with Crippen LogP contribution in [0.2, 0.25) is 0 Å². The van der Waals surface area contributed by atoms with Crippen LogP contribution in [0.4, 0.5) is 5.69 Å². The fraction of sp³-hybridized carbons (Fsp3) is 0.281. The standard InChI is InChI=1S/C32H35N5OS/c1-5-24-12-6-7-15-28(24)37-22(3)20-26(23(37)4)31-30(27-14-8-9-17-33-27)35-32(39)36(31)18-16-29(38)34-25-13-10-11-21(2)19-25/h6-15,17,19-20,30-31H,5,16,18H2,1-4H3,(H,34,38)(H,35,39)/t30-,31-/m0/s1. The van der Waals surface area contributed by atoms with Gasteiger partial charge >= 0.3 is 0 Å². The molecule has 39 heavy (non-hydrogen) atoms. The second-order valence-corrected chi connectivity index (χ2v) is 10.5. The van der Waals surface area contributed by atoms with Gasteiger partial charge in [0.15, 0.2) is 5.11 Å². The topological polar surface area (TPSA) is 62.2 Å². The normalized spacial score (nSPS) is 16.8. The highest BCUT2D eigenvalue weighted by molar-refractivity contribution is 7.80. The number of aryl methyl sites for hydroxylation is 3. The number of carbonyl (C=O) groups excluding carboxylic acids is 1. The Morgan fingerprint density at radius 3 is 2.56 bits per heavy atom. The number of hydrogen-bond donors (Lipinski definition) is 2. The summed E-state index contributed by atoms with van der Waals surface area (Å²) < 4.78 is 2.34. The first-order valence-electron chi connectivity index (χ1n) is 13.5. The summed E-state index contributed by atoms with van der Waals surface area (Å²) in [5, 5.41) is 7.19. The molecule has 7 heteroatoms. The third-order valence-corrected chi connectivity index (χ3v) is 7.83. The van der Waals surface area contributed by atoms with Gasteiger partial charge in [0.25, 0.3) is 0 Å². The highest BCUT2D eigenvalue weighted by Gasteiger charge is 2.41. The van der Waals surface area contributed by atoms with Gasteiger partial charge in [-0.25, -0.2) is 0 Å². The fourth-order valence-electron chi connectivity index (χ4n) is 5.64. The van der Waals surface area contributed by atoms with Gasteiger partial charge in [-0.1, -0.05) is 43.3 Å². The summed E-state index contributed by atoms with van der Waals surface area (Å²) in [5.41, 5.74) is 8.86. The number of thiocarbonyl (C=S) groups is 1. The Labute approximate surface area is 236 Å². The lowest BCUT2D eigenvalue weighted by Crippen LogP contribution is -2.32. The van der Waals surface area contributed by atoms with Crippen LogP contribution in [-0.4, -0.2) is 32.0 Å². The number of rotatable bonds is 8. The lowest BCUT2D eigenvalue weighted by molar-refractivity contribution is -0.116. The molecule has 0 unspecified atom stereocenters. The Morgan fingerprint density at radius 1 is 1.03 bits per heavy atom. The summed E-state index contributed by atoms with van der Waals surface area (Å²) in [7, 11) is 0. The number of pyridine rings is 1. The predicted octanol–water partition coefficient (Wildman–Crippen LogP) is 6.36. The summed E-state index contributed by atoms with van der Waals surface area (Å²) in [4.78, 5) is 19.8. The zero-order valence-corrected chi connectivity index (χ0v) is 23.8. The van der Waals surface area contributed by atoms with E-state index in [0.717, 1.165) is 29.1 Å². The third kappa shape index (κ3) is 5.45. The maximum Gasteiger partial charge on any atom is 0.226 e. The molecule has 6 nitrogen and oxygen atoms in total. The smallest absolute Gasteiger partial charge is 0.226 e. The van der Waals surface area contributed by atoms with E-state index in [1.807, 2.05) is 55.6 Å². The van der Waals surface area contributed by atoms with E-state index in [0.29, 0.717) is 18.1 Å². The monoisotopic (exact) mass is 537 g/mol. The number of amides is 1. The summed E-state index contributed by atoms with van der Waals surface area (Å²) in [6, 6.07) is 24.4. The van der Waals surface area contributed by atoms with E-state index in [4.69, 9.17) is 12.2 Å². The number of nitrogens with zero attached hydrogens (tertiary/aromatic N) is 3. The van der Waals surface area contributed by atoms with Crippen molar-refractivity contribution in [1.82, 2.24) is 19.8 Å². The summed E-state index contributed by atoms with van der Waals surface area (Å²) in [6.07, 6.45) is 3.09. The molecule has 3 heterocycles. The van der Waals surface area contributed by atoms with Gasteiger partial charge in [-0.3, -0.25) is 9.78 Å². The maximum absolute atomic E-state index is 12.9. The average molecular weight is 538 g/mol. The van der Waals surface area contributed by atoms with Gasteiger partial charge in [-0.2, -0.15) is 0 Å². The van der Waals surface area contributed by atoms with Crippen LogP contribution >= 0.6 is 12.2 Å². The molecule has 2 aromatic carbocycles. The van der Waals surface area contributed by atoms with E-state index in [1.54, 1.807) is 0 Å². The van der Waals surface area contributed by atoms with Crippen LogP contribution in [-0.2, 0) is 11.2 Å². The van der Waals surface area contributed by atoms with Gasteiger partial charge in [0.05, 0.1) is 17.8 Å². The molecule has 0 saturated carbocycles. The molecule has 1 fully saturated rings. The Hall–Kier alpha value is -3.97. The van der Waals surface area contributed by atoms with Crippen molar-refractivity contribution >= 4 is 28.9 Å². The van der Waals surface area contributed by atoms with Crippen LogP contribution in [0.3, 0.4) is 0 Å². The average Bonchev–Trinajstić information content (AvgIpc) is 3.42. The second-order valence-electron chi connectivity index (χ2n) is 10.1. The van der Waals surface area contributed by atoms with Crippen LogP contribution in [0.1, 0.15) is 59.2 Å². The van der Waals surface area contributed by atoms with E-state index in [-0.39, 0.29) is 18.0 Å². The lowest BCUT2D eigenvalue weighted by Gasteiger charge is -2.28. The van der Waals surface area contributed by atoms with E-state index in [2.05, 4.69) is 76.2 Å². The number of aromatic nitrogens is 2. The van der Waals surface area contributed by atoms with Gasteiger partial charge in [-0.05, 0) is 92.5 Å². The summed E-state index contributed by atoms with van der Waals surface area (Å²) in [6.45, 7) is 9.02. The number of anilines is 1. The van der Waals surface area contributed by atoms with Crippen LogP contribution in [0.15, 0.2) is 79.0 Å². The minimum Gasteiger partial charge on any atom is -0.352 e. The number of benzene rings is 2. The first-order valence-corrected chi connectivity index (χ1v) is 13.9. The molecule has 2 aromatic heterocycles. The minimum atomic E-state index is -0.131. The molecular weight excluding hydrogens is 502 g/mol. The van der Waals surface area contributed by atoms with Crippen molar-refractivity contribution in [2.75, 3.05) is 11.9 Å². The number of para-hydroxylation sites is 1. The van der Waals surface area contributed by atoms with Crippen molar-refractivity contribution in [2.45, 2.75) is 52.6 Å². The highest BCUT2D eigenvalue weighted by atomic mass is 32.1. The van der Waals surface area contributed by atoms with Gasteiger partial charge in [0.2, 0.25) is 5.91 Å². The highest BCUT2D eigenvalue weighted by Crippen LogP contribution is 2.41. The van der Waals surface area contributed by atoms with Crippen molar-refractivity contribution in [3.63, 3.8) is 0 Å². The molecule has 1 amide bonds. The fourth-order valence-corrected chi connectivity index (χ4v) is 5.97. The molecular formula is C32H35N5OS. The predicted molar refractivity (Wildman–Crippen MR) is 161 cm³/mol. The molecule has 1 saturated heterocycles. The number of hydrogen-bond acceptors (Lipinski definition) is 3. The van der Waals surface area contributed by atoms with Gasteiger partial charge in [0, 0.05) is 41.9 Å². The van der Waals surface area contributed by atoms with Crippen molar-refractivity contribution in [1.29, 1.82) is 0 Å². The van der Waals surface area contributed by atoms with Gasteiger partial charge in [-0.15, -0.1) is 0 Å². The number of carbonyl (C=O) groups is 1. The zero-order valence-electron chi connectivity index (χ0n) is 22.9. The van der Waals surface area contributed by atoms with Crippen LogP contribution in [0.25, 0.3) is 5.69 Å². The molecule has 0 radical (unpaired) electrons. The van der Waals surface area contributed by atoms with E-state index in [9.17, 15) is 4.79 Å². The molecule has 4 aromatic rings. The van der Waals surface area contributed by atoms with E-state index >= 15 is 0 Å². The van der Waals surface area contributed by atoms with Gasteiger partial charge in [0.1, 0.15) is 0 Å². The first-order chi connectivity index (χ1) is 18.9. The summed E-state index contributed by atoms with van der Waals surface area (Å²) >= 11 is 5.86. The minimum absolute atomic E-state index is 0.0363. The third-order valence-electron chi connectivity index (χ3n) is 7.48. The van der Waals surface area contributed by atoms with Crippen LogP contribution < -0.4 is 10.6 Å². The molecule has 200 valence electrons. The second kappa shape index (κ2) is 11.4. The molecule has 0 bridgehead atoms. The molecule has 0 spiro atoms. The molecule has 1 aliphatic heterocycles. The first kappa shape index (κ1) is 26.6. The Balaban J connectivity index is 1.49. The largest absolute Gasteiger partial charge is 0.352 e. The van der Waals surface area contributed by atoms with Crippen LogP contribution in [0, 0.1) is 20.8 Å². The lowest BCUT2D eigenvalue weighted by atomic mass is 9.96. The summed E-state index contributed by atoms with van der Waals surface area (Å²) in [5.74, 6) is -0.0363.